The molecule has 1 N–H and O–H groups in total. The van der Waals surface area contributed by atoms with Crippen molar-refractivity contribution in [3.05, 3.63) is 52.2 Å². The molecule has 9 heteroatoms. The maximum Gasteiger partial charge on any atom is 0.389 e. The summed E-state index contributed by atoms with van der Waals surface area (Å²) in [5.74, 6) is -0.526. The lowest BCUT2D eigenvalue weighted by Gasteiger charge is -2.28. The van der Waals surface area contributed by atoms with Crippen LogP contribution in [0.4, 0.5) is 11.5 Å². The number of hydrogen-bond donors (Lipinski definition) is 1. The molecule has 2 aromatic rings. The van der Waals surface area contributed by atoms with Gasteiger partial charge in [-0.05, 0) is 22.6 Å². The van der Waals surface area contributed by atoms with E-state index in [4.69, 9.17) is 4.74 Å². The molecule has 2 heterocycles. The van der Waals surface area contributed by atoms with Gasteiger partial charge in [-0.1, -0.05) is 12.1 Å². The molecule has 0 saturated carbocycles. The number of anilines is 1. The molecule has 0 unspecified atom stereocenters. The van der Waals surface area contributed by atoms with E-state index in [-0.39, 0.29) is 18.3 Å². The van der Waals surface area contributed by atoms with Crippen molar-refractivity contribution in [3.8, 4) is 0 Å². The second-order valence-electron chi connectivity index (χ2n) is 5.67. The fraction of sp³-hybridized carbons (Fsp3) is 0.375. The van der Waals surface area contributed by atoms with Crippen molar-refractivity contribution >= 4 is 17.4 Å². The van der Waals surface area contributed by atoms with Crippen LogP contribution in [0.3, 0.4) is 0 Å². The van der Waals surface area contributed by atoms with Crippen LogP contribution in [0.5, 0.6) is 0 Å². The molecule has 0 atom stereocenters. The third-order valence-electron chi connectivity index (χ3n) is 3.92. The van der Waals surface area contributed by atoms with Gasteiger partial charge in [0.1, 0.15) is 6.54 Å². The lowest BCUT2D eigenvalue weighted by molar-refractivity contribution is -0.389. The summed E-state index contributed by atoms with van der Waals surface area (Å²) >= 11 is 0. The largest absolute Gasteiger partial charge is 0.389 e. The molecule has 1 amide bonds. The standard InChI is InChI=1S/C16H19N5O4/c22-16(12-20-6-5-15(18-20)21(23)24)17-11-13-1-3-14(4-2-13)19-7-9-25-10-8-19/h1-6H,7-12H2,(H,17,22). The number of carbonyl (C=O) groups excluding carboxylic acids is 1. The lowest BCUT2D eigenvalue weighted by atomic mass is 10.2. The SMILES string of the molecule is O=C(Cn1ccc([N+](=O)[O-])n1)NCc1ccc(N2CCOCC2)cc1. The average molecular weight is 345 g/mol. The molecular formula is C16H19N5O4. The zero-order valence-electron chi connectivity index (χ0n) is 13.6. The van der Waals surface area contributed by atoms with Gasteiger partial charge in [-0.25, -0.2) is 0 Å². The minimum Gasteiger partial charge on any atom is -0.378 e. The molecule has 1 aliphatic heterocycles. The van der Waals surface area contributed by atoms with Crippen LogP contribution in [0.15, 0.2) is 36.5 Å². The van der Waals surface area contributed by atoms with E-state index < -0.39 is 4.92 Å². The number of hydrogen-bond acceptors (Lipinski definition) is 6. The van der Waals surface area contributed by atoms with E-state index in [0.717, 1.165) is 37.6 Å². The van der Waals surface area contributed by atoms with Crippen molar-refractivity contribution in [2.75, 3.05) is 31.2 Å². The third kappa shape index (κ3) is 4.54. The van der Waals surface area contributed by atoms with Crippen molar-refractivity contribution in [3.63, 3.8) is 0 Å². The second-order valence-corrected chi connectivity index (χ2v) is 5.67. The Bertz CT molecular complexity index is 737. The highest BCUT2D eigenvalue weighted by atomic mass is 16.6. The fourth-order valence-corrected chi connectivity index (χ4v) is 2.59. The van der Waals surface area contributed by atoms with Gasteiger partial charge in [0.05, 0.1) is 30.6 Å². The van der Waals surface area contributed by atoms with Crippen LogP contribution in [0, 0.1) is 10.1 Å². The highest BCUT2D eigenvalue weighted by Gasteiger charge is 2.13. The normalized spacial score (nSPS) is 14.3. The van der Waals surface area contributed by atoms with Gasteiger partial charge < -0.3 is 25.1 Å². The first kappa shape index (κ1) is 16.9. The van der Waals surface area contributed by atoms with E-state index in [0.29, 0.717) is 6.54 Å². The summed E-state index contributed by atoms with van der Waals surface area (Å²) in [6.07, 6.45) is 1.41. The summed E-state index contributed by atoms with van der Waals surface area (Å²) in [6.45, 7) is 3.58. The number of nitrogens with zero attached hydrogens (tertiary/aromatic N) is 4. The smallest absolute Gasteiger partial charge is 0.378 e. The van der Waals surface area contributed by atoms with Crippen molar-refractivity contribution in [1.29, 1.82) is 0 Å². The summed E-state index contributed by atoms with van der Waals surface area (Å²) in [5.41, 5.74) is 2.12. The summed E-state index contributed by atoms with van der Waals surface area (Å²) < 4.78 is 6.58. The highest BCUT2D eigenvalue weighted by Crippen LogP contribution is 2.16. The van der Waals surface area contributed by atoms with Crippen LogP contribution in [0.25, 0.3) is 0 Å². The molecule has 9 nitrogen and oxygen atoms in total. The summed E-state index contributed by atoms with van der Waals surface area (Å²) in [7, 11) is 0. The number of amides is 1. The van der Waals surface area contributed by atoms with Crippen molar-refractivity contribution in [2.24, 2.45) is 0 Å². The zero-order chi connectivity index (χ0) is 17.6. The van der Waals surface area contributed by atoms with E-state index in [1.54, 1.807) is 0 Å². The Balaban J connectivity index is 1.48. The van der Waals surface area contributed by atoms with E-state index in [9.17, 15) is 14.9 Å². The monoisotopic (exact) mass is 345 g/mol. The first-order valence-corrected chi connectivity index (χ1v) is 7.98. The molecule has 132 valence electrons. The molecule has 1 aromatic heterocycles. The van der Waals surface area contributed by atoms with Crippen LogP contribution in [0.1, 0.15) is 5.56 Å². The summed E-state index contributed by atoms with van der Waals surface area (Å²) in [4.78, 5) is 24.2. The molecule has 1 aromatic carbocycles. The lowest BCUT2D eigenvalue weighted by Crippen LogP contribution is -2.36. The fourth-order valence-electron chi connectivity index (χ4n) is 2.59. The Morgan fingerprint density at radius 1 is 1.24 bits per heavy atom. The molecule has 0 spiro atoms. The summed E-state index contributed by atoms with van der Waals surface area (Å²) in [6, 6.07) is 9.28. The van der Waals surface area contributed by atoms with Gasteiger partial charge in [0.25, 0.3) is 0 Å². The Labute approximate surface area is 144 Å². The Kier molecular flexibility index (Phi) is 5.24. The molecule has 25 heavy (non-hydrogen) atoms. The van der Waals surface area contributed by atoms with Crippen LogP contribution in [-0.4, -0.2) is 46.9 Å². The van der Waals surface area contributed by atoms with Crippen LogP contribution < -0.4 is 10.2 Å². The molecule has 0 aliphatic carbocycles. The van der Waals surface area contributed by atoms with Gasteiger partial charge in [0.15, 0.2) is 0 Å². The Morgan fingerprint density at radius 2 is 1.96 bits per heavy atom. The van der Waals surface area contributed by atoms with Crippen LogP contribution >= 0.6 is 0 Å². The number of rotatable bonds is 6. The molecule has 3 rings (SSSR count). The minimum absolute atomic E-state index is 0.0559. The van der Waals surface area contributed by atoms with Gasteiger partial charge in [0.2, 0.25) is 5.91 Å². The van der Waals surface area contributed by atoms with E-state index >= 15 is 0 Å². The van der Waals surface area contributed by atoms with E-state index in [1.807, 2.05) is 24.3 Å². The predicted octanol–water partition coefficient (Wildman–Crippen LogP) is 0.944. The van der Waals surface area contributed by atoms with Crippen molar-refractivity contribution in [2.45, 2.75) is 13.1 Å². The third-order valence-corrected chi connectivity index (χ3v) is 3.92. The molecule has 0 radical (unpaired) electrons. The quantitative estimate of drug-likeness (QED) is 0.617. The van der Waals surface area contributed by atoms with E-state index in [2.05, 4.69) is 15.3 Å². The topological polar surface area (TPSA) is 103 Å². The molecule has 1 saturated heterocycles. The Morgan fingerprint density at radius 3 is 2.60 bits per heavy atom. The number of carbonyl (C=O) groups is 1. The predicted molar refractivity (Wildman–Crippen MR) is 90.2 cm³/mol. The molecule has 1 fully saturated rings. The number of aromatic nitrogens is 2. The first-order valence-electron chi connectivity index (χ1n) is 7.98. The van der Waals surface area contributed by atoms with Gasteiger partial charge in [0, 0.05) is 25.3 Å². The molecule has 0 bridgehead atoms. The number of nitro groups is 1. The van der Waals surface area contributed by atoms with Gasteiger partial charge in [-0.15, -0.1) is 0 Å². The minimum atomic E-state index is -0.593. The van der Waals surface area contributed by atoms with Crippen LogP contribution in [0.2, 0.25) is 0 Å². The van der Waals surface area contributed by atoms with Crippen molar-refractivity contribution < 1.29 is 14.5 Å². The summed E-state index contributed by atoms with van der Waals surface area (Å²) in [5, 5.41) is 17.1. The molecule has 1 aliphatic rings. The van der Waals surface area contributed by atoms with Crippen molar-refractivity contribution in [1.82, 2.24) is 15.1 Å². The second kappa shape index (κ2) is 7.75. The maximum atomic E-state index is 11.9. The zero-order valence-corrected chi connectivity index (χ0v) is 13.6. The highest BCUT2D eigenvalue weighted by molar-refractivity contribution is 5.75. The number of ether oxygens (including phenoxy) is 1. The van der Waals surface area contributed by atoms with E-state index in [1.165, 1.54) is 16.9 Å². The van der Waals surface area contributed by atoms with Gasteiger partial charge in [-0.3, -0.25) is 4.79 Å². The molecular weight excluding hydrogens is 326 g/mol. The number of morpholine rings is 1. The van der Waals surface area contributed by atoms with Crippen LogP contribution in [-0.2, 0) is 22.6 Å². The number of nitrogens with one attached hydrogen (secondary N) is 1. The first-order chi connectivity index (χ1) is 12.1. The average Bonchev–Trinajstić information content (AvgIpc) is 3.10. The van der Waals surface area contributed by atoms with Gasteiger partial charge >= 0.3 is 5.82 Å². The maximum absolute atomic E-state index is 11.9. The Hall–Kier alpha value is -2.94. The number of benzene rings is 1. The van der Waals surface area contributed by atoms with Gasteiger partial charge in [-0.2, -0.15) is 4.68 Å².